The largest absolute Gasteiger partial charge is 0.206 e. The van der Waals surface area contributed by atoms with Crippen LogP contribution in [0.2, 0.25) is 0 Å². The van der Waals surface area contributed by atoms with Gasteiger partial charge in [0.2, 0.25) is 0 Å². The summed E-state index contributed by atoms with van der Waals surface area (Å²) in [6.45, 7) is 3.75. The summed E-state index contributed by atoms with van der Waals surface area (Å²) in [7, 11) is 0. The Balaban J connectivity index is 1.63. The molecule has 0 N–H and O–H groups in total. The molecule has 1 saturated carbocycles. The molecule has 0 saturated heterocycles. The lowest BCUT2D eigenvalue weighted by molar-refractivity contribution is 0.252. The molecule has 0 unspecified atom stereocenters. The van der Waals surface area contributed by atoms with Gasteiger partial charge in [-0.2, -0.15) is 0 Å². The Kier molecular flexibility index (Phi) is 6.62. The van der Waals surface area contributed by atoms with E-state index >= 15 is 0 Å². The van der Waals surface area contributed by atoms with Crippen LogP contribution in [0.5, 0.6) is 0 Å². The summed E-state index contributed by atoms with van der Waals surface area (Å²) in [4.78, 5) is 0. The van der Waals surface area contributed by atoms with Gasteiger partial charge in [-0.05, 0) is 48.8 Å². The number of halogens is 3. The molecule has 2 aromatic carbocycles. The molecule has 0 atom stereocenters. The highest BCUT2D eigenvalue weighted by Crippen LogP contribution is 2.34. The molecule has 0 nitrogen and oxygen atoms in total. The second kappa shape index (κ2) is 8.95. The fraction of sp³-hybridized carbons (Fsp3) is 0.500. The zero-order valence-corrected chi connectivity index (χ0v) is 16.3. The summed E-state index contributed by atoms with van der Waals surface area (Å²) < 4.78 is 42.5. The van der Waals surface area contributed by atoms with Crippen molar-refractivity contribution in [1.29, 1.82) is 0 Å². The lowest BCUT2D eigenvalue weighted by atomic mass is 9.78. The number of rotatable bonds is 6. The monoisotopic (exact) mass is 374 g/mol. The normalized spacial score (nSPS) is 20.0. The molecule has 1 aliphatic carbocycles. The second-order valence-electron chi connectivity index (χ2n) is 8.09. The lowest BCUT2D eigenvalue weighted by Crippen LogP contribution is -2.15. The van der Waals surface area contributed by atoms with E-state index in [-0.39, 0.29) is 16.7 Å². The highest BCUT2D eigenvalue weighted by atomic mass is 19.2. The van der Waals surface area contributed by atoms with Gasteiger partial charge in [0.15, 0.2) is 11.6 Å². The first-order chi connectivity index (χ1) is 13.0. The molecule has 3 rings (SSSR count). The summed E-state index contributed by atoms with van der Waals surface area (Å²) in [5.41, 5.74) is 1.26. The summed E-state index contributed by atoms with van der Waals surface area (Å²) in [5.74, 6) is -0.751. The van der Waals surface area contributed by atoms with Crippen LogP contribution in [-0.4, -0.2) is 0 Å². The topological polar surface area (TPSA) is 0 Å². The average molecular weight is 374 g/mol. The molecule has 0 radical (unpaired) electrons. The Hall–Kier alpha value is -1.77. The SMILES string of the molecule is CCCC1CCC(CCc2ccc(-c3ccc(C)c(F)c3F)c(F)c2)CC1. The van der Waals surface area contributed by atoms with Gasteiger partial charge >= 0.3 is 0 Å². The summed E-state index contributed by atoms with van der Waals surface area (Å²) in [6.07, 6.45) is 9.73. The van der Waals surface area contributed by atoms with Crippen molar-refractivity contribution in [3.05, 3.63) is 58.9 Å². The second-order valence-corrected chi connectivity index (χ2v) is 8.09. The van der Waals surface area contributed by atoms with Crippen LogP contribution in [-0.2, 0) is 6.42 Å². The highest BCUT2D eigenvalue weighted by molar-refractivity contribution is 5.65. The van der Waals surface area contributed by atoms with Crippen LogP contribution in [0.1, 0.15) is 63.0 Å². The molecule has 0 heterocycles. The number of hydrogen-bond donors (Lipinski definition) is 0. The number of hydrogen-bond acceptors (Lipinski definition) is 0. The summed E-state index contributed by atoms with van der Waals surface area (Å²) in [6, 6.07) is 7.83. The Morgan fingerprint density at radius 1 is 0.815 bits per heavy atom. The molecule has 1 fully saturated rings. The Morgan fingerprint density at radius 2 is 1.44 bits per heavy atom. The zero-order chi connectivity index (χ0) is 19.4. The molecule has 2 aromatic rings. The van der Waals surface area contributed by atoms with Crippen LogP contribution in [0.4, 0.5) is 13.2 Å². The van der Waals surface area contributed by atoms with Crippen LogP contribution < -0.4 is 0 Å². The predicted octanol–water partition coefficient (Wildman–Crippen LogP) is 7.62. The van der Waals surface area contributed by atoms with E-state index in [1.54, 1.807) is 6.07 Å². The van der Waals surface area contributed by atoms with Crippen LogP contribution in [0.3, 0.4) is 0 Å². The quantitative estimate of drug-likeness (QED) is 0.488. The van der Waals surface area contributed by atoms with Crippen LogP contribution in [0.15, 0.2) is 30.3 Å². The minimum atomic E-state index is -0.981. The predicted molar refractivity (Wildman–Crippen MR) is 105 cm³/mol. The van der Waals surface area contributed by atoms with E-state index < -0.39 is 17.5 Å². The molecule has 146 valence electrons. The van der Waals surface area contributed by atoms with E-state index in [4.69, 9.17) is 0 Å². The minimum absolute atomic E-state index is 0.0172. The van der Waals surface area contributed by atoms with Crippen molar-refractivity contribution in [2.75, 3.05) is 0 Å². The van der Waals surface area contributed by atoms with Crippen molar-refractivity contribution in [1.82, 2.24) is 0 Å². The first-order valence-corrected chi connectivity index (χ1v) is 10.2. The maximum absolute atomic E-state index is 14.6. The van der Waals surface area contributed by atoms with E-state index in [1.807, 2.05) is 6.07 Å². The van der Waals surface area contributed by atoms with E-state index in [1.165, 1.54) is 63.6 Å². The molecule has 0 spiro atoms. The van der Waals surface area contributed by atoms with Crippen molar-refractivity contribution in [3.63, 3.8) is 0 Å². The van der Waals surface area contributed by atoms with Crippen molar-refractivity contribution in [2.24, 2.45) is 11.8 Å². The van der Waals surface area contributed by atoms with Gasteiger partial charge < -0.3 is 0 Å². The molecular weight excluding hydrogens is 345 g/mol. The van der Waals surface area contributed by atoms with Crippen molar-refractivity contribution < 1.29 is 13.2 Å². The Labute approximate surface area is 160 Å². The fourth-order valence-corrected chi connectivity index (χ4v) is 4.37. The zero-order valence-electron chi connectivity index (χ0n) is 16.3. The molecule has 0 amide bonds. The molecule has 3 heteroatoms. The van der Waals surface area contributed by atoms with Gasteiger partial charge in [-0.15, -0.1) is 0 Å². The third kappa shape index (κ3) is 4.75. The van der Waals surface area contributed by atoms with Crippen LogP contribution >= 0.6 is 0 Å². The Morgan fingerprint density at radius 3 is 2.07 bits per heavy atom. The van der Waals surface area contributed by atoms with Crippen molar-refractivity contribution in [2.45, 2.75) is 65.2 Å². The lowest BCUT2D eigenvalue weighted by Gasteiger charge is -2.28. The number of benzene rings is 2. The molecule has 0 aliphatic heterocycles. The third-order valence-corrected chi connectivity index (χ3v) is 6.10. The van der Waals surface area contributed by atoms with Gasteiger partial charge in [0.05, 0.1) is 0 Å². The fourth-order valence-electron chi connectivity index (χ4n) is 4.37. The van der Waals surface area contributed by atoms with Gasteiger partial charge in [-0.1, -0.05) is 69.7 Å². The minimum Gasteiger partial charge on any atom is -0.206 e. The molecule has 0 aromatic heterocycles. The van der Waals surface area contributed by atoms with Gasteiger partial charge in [0, 0.05) is 11.1 Å². The van der Waals surface area contributed by atoms with E-state index in [0.29, 0.717) is 0 Å². The molecule has 1 aliphatic rings. The van der Waals surface area contributed by atoms with Crippen LogP contribution in [0, 0.1) is 36.2 Å². The summed E-state index contributed by atoms with van der Waals surface area (Å²) >= 11 is 0. The van der Waals surface area contributed by atoms with E-state index in [0.717, 1.165) is 30.2 Å². The van der Waals surface area contributed by atoms with Crippen molar-refractivity contribution >= 4 is 0 Å². The molecular formula is C24H29F3. The van der Waals surface area contributed by atoms with Gasteiger partial charge in [-0.25, -0.2) is 13.2 Å². The standard InChI is InChI=1S/C24H29F3/c1-3-4-17-6-8-18(9-7-17)10-11-19-12-14-20(22(25)15-19)21-13-5-16(2)23(26)24(21)27/h5,12-15,17-18H,3-4,6-11H2,1-2H3. The van der Waals surface area contributed by atoms with E-state index in [2.05, 4.69) is 6.92 Å². The molecule has 27 heavy (non-hydrogen) atoms. The Bertz CT molecular complexity index is 773. The average Bonchev–Trinajstić information content (AvgIpc) is 2.67. The smallest absolute Gasteiger partial charge is 0.167 e. The van der Waals surface area contributed by atoms with Gasteiger partial charge in [-0.3, -0.25) is 0 Å². The van der Waals surface area contributed by atoms with Crippen LogP contribution in [0.25, 0.3) is 11.1 Å². The number of aryl methyl sites for hydroxylation is 2. The first-order valence-electron chi connectivity index (χ1n) is 10.2. The first kappa shape index (κ1) is 20.0. The maximum atomic E-state index is 14.6. The van der Waals surface area contributed by atoms with Crippen molar-refractivity contribution in [3.8, 4) is 11.1 Å². The highest BCUT2D eigenvalue weighted by Gasteiger charge is 2.21. The van der Waals surface area contributed by atoms with Gasteiger partial charge in [0.25, 0.3) is 0 Å². The molecule has 0 bridgehead atoms. The van der Waals surface area contributed by atoms with Gasteiger partial charge in [0.1, 0.15) is 5.82 Å². The maximum Gasteiger partial charge on any atom is 0.167 e. The van der Waals surface area contributed by atoms with E-state index in [9.17, 15) is 13.2 Å². The third-order valence-electron chi connectivity index (χ3n) is 6.10. The summed E-state index contributed by atoms with van der Waals surface area (Å²) in [5, 5.41) is 0.